The van der Waals surface area contributed by atoms with Crippen LogP contribution >= 0.6 is 0 Å². The van der Waals surface area contributed by atoms with Gasteiger partial charge in [0.25, 0.3) is 5.69 Å². The van der Waals surface area contributed by atoms with Crippen molar-refractivity contribution in [3.05, 3.63) is 58.9 Å². The lowest BCUT2D eigenvalue weighted by atomic mass is 10.1. The summed E-state index contributed by atoms with van der Waals surface area (Å²) in [6.45, 7) is 0. The molecule has 0 aliphatic rings. The molecular formula is C13H9N3O2. The minimum absolute atomic E-state index is 0.00130. The van der Waals surface area contributed by atoms with Gasteiger partial charge >= 0.3 is 0 Å². The lowest BCUT2D eigenvalue weighted by molar-refractivity contribution is -0.385. The summed E-state index contributed by atoms with van der Waals surface area (Å²) in [6, 6.07) is 11.0. The van der Waals surface area contributed by atoms with Gasteiger partial charge in [0, 0.05) is 28.7 Å². The molecule has 3 rings (SSSR count). The lowest BCUT2D eigenvalue weighted by Crippen LogP contribution is -1.89. The number of aromatic nitrogens is 2. The predicted molar refractivity (Wildman–Crippen MR) is 68.2 cm³/mol. The largest absolute Gasteiger partial charge is 0.360 e. The van der Waals surface area contributed by atoms with E-state index in [1.165, 1.54) is 12.3 Å². The highest BCUT2D eigenvalue weighted by atomic mass is 16.6. The number of H-pyrrole nitrogens is 1. The van der Waals surface area contributed by atoms with Gasteiger partial charge in [-0.3, -0.25) is 10.1 Å². The van der Waals surface area contributed by atoms with E-state index in [1.807, 2.05) is 30.5 Å². The molecule has 1 N–H and O–H groups in total. The van der Waals surface area contributed by atoms with Crippen molar-refractivity contribution in [1.82, 2.24) is 9.97 Å². The standard InChI is InChI=1S/C13H9N3O2/c17-16(18)9-5-6-13(14-7-9)11-8-15-12-4-2-1-3-10(11)12/h1-8,15H. The highest BCUT2D eigenvalue weighted by Gasteiger charge is 2.09. The molecule has 0 atom stereocenters. The second-order valence-electron chi connectivity index (χ2n) is 3.91. The Kier molecular flexibility index (Phi) is 2.30. The molecular weight excluding hydrogens is 230 g/mol. The van der Waals surface area contributed by atoms with Gasteiger partial charge in [-0.1, -0.05) is 18.2 Å². The highest BCUT2D eigenvalue weighted by molar-refractivity contribution is 5.94. The van der Waals surface area contributed by atoms with Gasteiger partial charge in [0.05, 0.1) is 10.6 Å². The van der Waals surface area contributed by atoms with Gasteiger partial charge in [-0.25, -0.2) is 4.98 Å². The van der Waals surface area contributed by atoms with Crippen molar-refractivity contribution < 1.29 is 4.92 Å². The van der Waals surface area contributed by atoms with Gasteiger partial charge in [0.15, 0.2) is 0 Å². The minimum atomic E-state index is -0.452. The average molecular weight is 239 g/mol. The Labute approximate surface area is 102 Å². The van der Waals surface area contributed by atoms with E-state index in [9.17, 15) is 10.1 Å². The van der Waals surface area contributed by atoms with E-state index >= 15 is 0 Å². The third-order valence-corrected chi connectivity index (χ3v) is 2.82. The maximum atomic E-state index is 10.6. The smallest absolute Gasteiger partial charge is 0.287 e. The van der Waals surface area contributed by atoms with E-state index in [0.717, 1.165) is 22.2 Å². The molecule has 0 unspecified atom stereocenters. The van der Waals surface area contributed by atoms with Crippen LogP contribution in [-0.2, 0) is 0 Å². The van der Waals surface area contributed by atoms with E-state index in [0.29, 0.717) is 0 Å². The summed E-state index contributed by atoms with van der Waals surface area (Å²) in [7, 11) is 0. The zero-order valence-electron chi connectivity index (χ0n) is 9.33. The fourth-order valence-corrected chi connectivity index (χ4v) is 1.94. The number of rotatable bonds is 2. The Hall–Kier alpha value is -2.69. The number of nitrogens with one attached hydrogen (secondary N) is 1. The molecule has 88 valence electrons. The molecule has 1 aromatic carbocycles. The van der Waals surface area contributed by atoms with Crippen molar-refractivity contribution in [3.8, 4) is 11.3 Å². The molecule has 0 radical (unpaired) electrons. The van der Waals surface area contributed by atoms with Crippen LogP contribution in [0.15, 0.2) is 48.8 Å². The number of nitrogens with zero attached hydrogens (tertiary/aromatic N) is 2. The SMILES string of the molecule is O=[N+]([O-])c1ccc(-c2c[nH]c3ccccc23)nc1. The number of fused-ring (bicyclic) bond motifs is 1. The third-order valence-electron chi connectivity index (χ3n) is 2.82. The Morgan fingerprint density at radius 3 is 2.72 bits per heavy atom. The summed E-state index contributed by atoms with van der Waals surface area (Å²) in [5, 5.41) is 11.6. The molecule has 5 nitrogen and oxygen atoms in total. The van der Waals surface area contributed by atoms with Crippen molar-refractivity contribution >= 4 is 16.6 Å². The summed E-state index contributed by atoms with van der Waals surface area (Å²) >= 11 is 0. The zero-order chi connectivity index (χ0) is 12.5. The summed E-state index contributed by atoms with van der Waals surface area (Å²) in [5.41, 5.74) is 2.68. The lowest BCUT2D eigenvalue weighted by Gasteiger charge is -1.98. The van der Waals surface area contributed by atoms with Crippen LogP contribution in [0.2, 0.25) is 0 Å². The molecule has 0 bridgehead atoms. The Balaban J connectivity index is 2.12. The summed E-state index contributed by atoms with van der Waals surface area (Å²) < 4.78 is 0. The number of hydrogen-bond acceptors (Lipinski definition) is 3. The maximum absolute atomic E-state index is 10.6. The summed E-state index contributed by atoms with van der Waals surface area (Å²) in [5.74, 6) is 0. The normalized spacial score (nSPS) is 10.7. The van der Waals surface area contributed by atoms with Crippen LogP contribution in [0, 0.1) is 10.1 Å². The molecule has 0 spiro atoms. The molecule has 0 saturated heterocycles. The second-order valence-corrected chi connectivity index (χ2v) is 3.91. The first-order valence-electron chi connectivity index (χ1n) is 5.42. The van der Waals surface area contributed by atoms with E-state index in [4.69, 9.17) is 0 Å². The molecule has 2 aromatic heterocycles. The molecule has 18 heavy (non-hydrogen) atoms. The van der Waals surface area contributed by atoms with Gasteiger partial charge < -0.3 is 4.98 Å². The zero-order valence-corrected chi connectivity index (χ0v) is 9.33. The Morgan fingerprint density at radius 1 is 1.17 bits per heavy atom. The van der Waals surface area contributed by atoms with Crippen LogP contribution in [0.25, 0.3) is 22.2 Å². The van der Waals surface area contributed by atoms with Gasteiger partial charge in [-0.15, -0.1) is 0 Å². The van der Waals surface area contributed by atoms with E-state index in [2.05, 4.69) is 9.97 Å². The molecule has 0 aliphatic carbocycles. The number of nitro groups is 1. The number of hydrogen-bond donors (Lipinski definition) is 1. The molecule has 5 heteroatoms. The Bertz CT molecular complexity index is 716. The van der Waals surface area contributed by atoms with Gasteiger partial charge in [0.1, 0.15) is 6.20 Å². The molecule has 0 saturated carbocycles. The van der Waals surface area contributed by atoms with Crippen molar-refractivity contribution in [2.24, 2.45) is 0 Å². The maximum Gasteiger partial charge on any atom is 0.287 e. The van der Waals surface area contributed by atoms with Crippen molar-refractivity contribution in [1.29, 1.82) is 0 Å². The van der Waals surface area contributed by atoms with Gasteiger partial charge in [-0.2, -0.15) is 0 Å². The highest BCUT2D eigenvalue weighted by Crippen LogP contribution is 2.27. The molecule has 0 fully saturated rings. The number of pyridine rings is 1. The van der Waals surface area contributed by atoms with Crippen LogP contribution in [0.1, 0.15) is 0 Å². The van der Waals surface area contributed by atoms with Crippen LogP contribution in [0.4, 0.5) is 5.69 Å². The fourth-order valence-electron chi connectivity index (χ4n) is 1.94. The van der Waals surface area contributed by atoms with Crippen molar-refractivity contribution in [3.63, 3.8) is 0 Å². The van der Waals surface area contributed by atoms with E-state index in [1.54, 1.807) is 6.07 Å². The van der Waals surface area contributed by atoms with E-state index < -0.39 is 4.92 Å². The topological polar surface area (TPSA) is 71.8 Å². The van der Waals surface area contributed by atoms with Crippen molar-refractivity contribution in [2.75, 3.05) is 0 Å². The summed E-state index contributed by atoms with van der Waals surface area (Å²) in [6.07, 6.45) is 3.13. The van der Waals surface area contributed by atoms with Crippen LogP contribution < -0.4 is 0 Å². The first-order valence-corrected chi connectivity index (χ1v) is 5.42. The number of benzene rings is 1. The third kappa shape index (κ3) is 1.62. The minimum Gasteiger partial charge on any atom is -0.360 e. The quantitative estimate of drug-likeness (QED) is 0.551. The second kappa shape index (κ2) is 3.96. The average Bonchev–Trinajstić information content (AvgIpc) is 2.82. The first kappa shape index (κ1) is 10.5. The number of aromatic amines is 1. The fraction of sp³-hybridized carbons (Fsp3) is 0. The van der Waals surface area contributed by atoms with Crippen LogP contribution in [0.3, 0.4) is 0 Å². The molecule has 3 aromatic rings. The van der Waals surface area contributed by atoms with Gasteiger partial charge in [-0.05, 0) is 12.1 Å². The molecule has 0 aliphatic heterocycles. The predicted octanol–water partition coefficient (Wildman–Crippen LogP) is 3.14. The monoisotopic (exact) mass is 239 g/mol. The first-order chi connectivity index (χ1) is 8.75. The van der Waals surface area contributed by atoms with Gasteiger partial charge in [0.2, 0.25) is 0 Å². The van der Waals surface area contributed by atoms with E-state index in [-0.39, 0.29) is 5.69 Å². The summed E-state index contributed by atoms with van der Waals surface area (Å²) in [4.78, 5) is 17.4. The molecule has 2 heterocycles. The molecule has 0 amide bonds. The Morgan fingerprint density at radius 2 is 2.00 bits per heavy atom. The van der Waals surface area contributed by atoms with Crippen molar-refractivity contribution in [2.45, 2.75) is 0 Å². The number of para-hydroxylation sites is 1. The van der Waals surface area contributed by atoms with Crippen LogP contribution in [0.5, 0.6) is 0 Å². The van der Waals surface area contributed by atoms with Crippen LogP contribution in [-0.4, -0.2) is 14.9 Å².